The molecule has 1 aromatic carbocycles. The second-order valence-corrected chi connectivity index (χ2v) is 6.71. The molecule has 2 heterocycles. The third kappa shape index (κ3) is 2.96. The van der Waals surface area contributed by atoms with E-state index < -0.39 is 11.5 Å². The lowest BCUT2D eigenvalue weighted by Crippen LogP contribution is -2.32. The largest absolute Gasteiger partial charge is 0.454 e. The van der Waals surface area contributed by atoms with E-state index in [0.29, 0.717) is 35.6 Å². The van der Waals surface area contributed by atoms with E-state index in [-0.39, 0.29) is 30.6 Å². The van der Waals surface area contributed by atoms with Crippen LogP contribution in [0.2, 0.25) is 0 Å². The van der Waals surface area contributed by atoms with E-state index >= 15 is 0 Å². The first-order chi connectivity index (χ1) is 12.5. The van der Waals surface area contributed by atoms with Gasteiger partial charge in [0.25, 0.3) is 11.5 Å². The van der Waals surface area contributed by atoms with Crippen LogP contribution >= 0.6 is 0 Å². The van der Waals surface area contributed by atoms with Crippen molar-refractivity contribution in [3.8, 4) is 11.5 Å². The monoisotopic (exact) mass is 354 g/mol. The number of aromatic nitrogens is 1. The molecule has 1 atom stereocenters. The molecule has 7 heteroatoms. The van der Waals surface area contributed by atoms with E-state index in [0.717, 1.165) is 5.56 Å². The number of pyridine rings is 1. The SMILES string of the molecule is CC1CC(=O)c2cc(C(=O)NCc3ccc4c(c3)OCO4)c(=O)[nH]c2C1. The Kier molecular flexibility index (Phi) is 3.99. The van der Waals surface area contributed by atoms with Gasteiger partial charge >= 0.3 is 0 Å². The Morgan fingerprint density at radius 3 is 2.85 bits per heavy atom. The number of fused-ring (bicyclic) bond motifs is 2. The molecule has 1 aromatic heterocycles. The molecular weight excluding hydrogens is 336 g/mol. The summed E-state index contributed by atoms with van der Waals surface area (Å²) in [5.74, 6) is 0.927. The average molecular weight is 354 g/mol. The van der Waals surface area contributed by atoms with Gasteiger partial charge in [0.2, 0.25) is 6.79 Å². The van der Waals surface area contributed by atoms with Crippen molar-refractivity contribution >= 4 is 11.7 Å². The number of ketones is 1. The lowest BCUT2D eigenvalue weighted by molar-refractivity contribution is 0.0949. The summed E-state index contributed by atoms with van der Waals surface area (Å²) in [7, 11) is 0. The zero-order valence-electron chi connectivity index (χ0n) is 14.3. The molecule has 1 amide bonds. The van der Waals surface area contributed by atoms with E-state index in [1.54, 1.807) is 12.1 Å². The minimum Gasteiger partial charge on any atom is -0.454 e. The number of benzene rings is 1. The number of nitrogens with one attached hydrogen (secondary N) is 2. The Hall–Kier alpha value is -3.09. The molecule has 2 N–H and O–H groups in total. The third-order valence-corrected chi connectivity index (χ3v) is 4.64. The molecule has 0 saturated carbocycles. The van der Waals surface area contributed by atoms with Crippen molar-refractivity contribution in [3.63, 3.8) is 0 Å². The Morgan fingerprint density at radius 1 is 1.19 bits per heavy atom. The number of hydrogen-bond acceptors (Lipinski definition) is 5. The zero-order valence-corrected chi connectivity index (χ0v) is 14.3. The number of amides is 1. The van der Waals surface area contributed by atoms with Crippen molar-refractivity contribution in [1.82, 2.24) is 10.3 Å². The van der Waals surface area contributed by atoms with Gasteiger partial charge in [-0.05, 0) is 36.1 Å². The fraction of sp³-hybridized carbons (Fsp3) is 0.316. The molecule has 7 nitrogen and oxygen atoms in total. The van der Waals surface area contributed by atoms with Gasteiger partial charge in [0.1, 0.15) is 5.56 Å². The molecule has 26 heavy (non-hydrogen) atoms. The topological polar surface area (TPSA) is 97.5 Å². The number of aromatic amines is 1. The molecule has 0 fully saturated rings. The molecule has 1 unspecified atom stereocenters. The smallest absolute Gasteiger partial charge is 0.261 e. The van der Waals surface area contributed by atoms with E-state index in [1.165, 1.54) is 6.07 Å². The highest BCUT2D eigenvalue weighted by molar-refractivity contribution is 6.01. The van der Waals surface area contributed by atoms with Crippen LogP contribution in [0.4, 0.5) is 0 Å². The van der Waals surface area contributed by atoms with Crippen LogP contribution in [0, 0.1) is 5.92 Å². The molecule has 0 saturated heterocycles. The maximum absolute atomic E-state index is 12.4. The summed E-state index contributed by atoms with van der Waals surface area (Å²) in [6.45, 7) is 2.38. The Bertz CT molecular complexity index is 963. The van der Waals surface area contributed by atoms with Crippen molar-refractivity contribution < 1.29 is 19.1 Å². The van der Waals surface area contributed by atoms with E-state index in [1.807, 2.05) is 13.0 Å². The fourth-order valence-electron chi connectivity index (χ4n) is 3.32. The summed E-state index contributed by atoms with van der Waals surface area (Å²) >= 11 is 0. The quantitative estimate of drug-likeness (QED) is 0.876. The molecular formula is C19H18N2O5. The van der Waals surface area contributed by atoms with Gasteiger partial charge in [0.15, 0.2) is 17.3 Å². The highest BCUT2D eigenvalue weighted by atomic mass is 16.7. The molecule has 134 valence electrons. The predicted molar refractivity (Wildman–Crippen MR) is 92.6 cm³/mol. The summed E-state index contributed by atoms with van der Waals surface area (Å²) in [5.41, 5.74) is 1.35. The van der Waals surface area contributed by atoms with E-state index in [9.17, 15) is 14.4 Å². The molecule has 0 radical (unpaired) electrons. The number of Topliss-reactive ketones (excluding diaryl/α,β-unsaturated/α-hetero) is 1. The number of rotatable bonds is 3. The summed E-state index contributed by atoms with van der Waals surface area (Å²) in [5, 5.41) is 2.71. The van der Waals surface area contributed by atoms with E-state index in [2.05, 4.69) is 10.3 Å². The Labute approximate surface area is 149 Å². The lowest BCUT2D eigenvalue weighted by Gasteiger charge is -2.20. The summed E-state index contributed by atoms with van der Waals surface area (Å²) in [4.78, 5) is 39.6. The third-order valence-electron chi connectivity index (χ3n) is 4.64. The first kappa shape index (κ1) is 16.4. The average Bonchev–Trinajstić information content (AvgIpc) is 3.06. The molecule has 2 aliphatic rings. The predicted octanol–water partition coefficient (Wildman–Crippen LogP) is 1.80. The Morgan fingerprint density at radius 2 is 2.00 bits per heavy atom. The maximum atomic E-state index is 12.4. The van der Waals surface area contributed by atoms with Crippen LogP contribution in [-0.2, 0) is 13.0 Å². The second-order valence-electron chi connectivity index (χ2n) is 6.71. The van der Waals surface area contributed by atoms with Gasteiger partial charge < -0.3 is 19.8 Å². The summed E-state index contributed by atoms with van der Waals surface area (Å²) < 4.78 is 10.6. The lowest BCUT2D eigenvalue weighted by atomic mass is 9.86. The van der Waals surface area contributed by atoms with Crippen LogP contribution in [0.15, 0.2) is 29.1 Å². The number of carbonyl (C=O) groups excluding carboxylic acids is 2. The van der Waals surface area contributed by atoms with Gasteiger partial charge in [-0.15, -0.1) is 0 Å². The number of ether oxygens (including phenoxy) is 2. The van der Waals surface area contributed by atoms with Gasteiger partial charge in [-0.25, -0.2) is 0 Å². The minimum absolute atomic E-state index is 0.0418. The van der Waals surface area contributed by atoms with Crippen LogP contribution in [0.3, 0.4) is 0 Å². The van der Waals surface area contributed by atoms with Gasteiger partial charge in [0.05, 0.1) is 0 Å². The molecule has 4 rings (SSSR count). The van der Waals surface area contributed by atoms with Crippen molar-refractivity contribution in [2.75, 3.05) is 6.79 Å². The first-order valence-electron chi connectivity index (χ1n) is 8.47. The van der Waals surface area contributed by atoms with Crippen LogP contribution < -0.4 is 20.3 Å². The maximum Gasteiger partial charge on any atom is 0.261 e. The number of carbonyl (C=O) groups is 2. The van der Waals surface area contributed by atoms with Crippen LogP contribution in [-0.4, -0.2) is 23.5 Å². The molecule has 1 aliphatic heterocycles. The zero-order chi connectivity index (χ0) is 18.3. The van der Waals surface area contributed by atoms with Gasteiger partial charge in [0, 0.05) is 24.2 Å². The first-order valence-corrected chi connectivity index (χ1v) is 8.47. The van der Waals surface area contributed by atoms with Crippen LogP contribution in [0.1, 0.15) is 45.3 Å². The highest BCUT2D eigenvalue weighted by Crippen LogP contribution is 2.32. The van der Waals surface area contributed by atoms with Crippen molar-refractivity contribution in [1.29, 1.82) is 0 Å². The van der Waals surface area contributed by atoms with Crippen LogP contribution in [0.25, 0.3) is 0 Å². The molecule has 0 spiro atoms. The minimum atomic E-state index is -0.516. The van der Waals surface area contributed by atoms with E-state index in [4.69, 9.17) is 9.47 Å². The molecule has 1 aliphatic carbocycles. The van der Waals surface area contributed by atoms with Crippen molar-refractivity contribution in [3.05, 3.63) is 57.0 Å². The van der Waals surface area contributed by atoms with Gasteiger partial charge in [-0.1, -0.05) is 13.0 Å². The summed E-state index contributed by atoms with van der Waals surface area (Å²) in [6, 6.07) is 6.78. The second kappa shape index (κ2) is 6.33. The standard InChI is InChI=1S/C19H18N2O5/c1-10-4-14-12(15(22)5-10)7-13(19(24)21-14)18(23)20-8-11-2-3-16-17(6-11)26-9-25-16/h2-3,6-7,10H,4-5,8-9H2,1H3,(H,20,23)(H,21,24). The van der Waals surface area contributed by atoms with Gasteiger partial charge in [-0.2, -0.15) is 0 Å². The Balaban J connectivity index is 1.52. The summed E-state index contributed by atoms with van der Waals surface area (Å²) in [6.07, 6.45) is 1.06. The number of H-pyrrole nitrogens is 1. The highest BCUT2D eigenvalue weighted by Gasteiger charge is 2.25. The number of hydrogen-bond donors (Lipinski definition) is 2. The molecule has 0 bridgehead atoms. The normalized spacial score (nSPS) is 17.7. The van der Waals surface area contributed by atoms with Crippen molar-refractivity contribution in [2.45, 2.75) is 26.3 Å². The van der Waals surface area contributed by atoms with Crippen LogP contribution in [0.5, 0.6) is 11.5 Å². The fourth-order valence-corrected chi connectivity index (χ4v) is 3.32. The van der Waals surface area contributed by atoms with Crippen molar-refractivity contribution in [2.24, 2.45) is 5.92 Å². The molecule has 2 aromatic rings. The van der Waals surface area contributed by atoms with Gasteiger partial charge in [-0.3, -0.25) is 14.4 Å².